The average molecular weight is 278 g/mol. The molecule has 0 saturated heterocycles. The Kier molecular flexibility index (Phi) is 4.85. The number of aliphatic carboxylic acids is 1. The van der Waals surface area contributed by atoms with E-state index < -0.39 is 5.97 Å². The van der Waals surface area contributed by atoms with Crippen molar-refractivity contribution in [2.75, 3.05) is 5.75 Å². The van der Waals surface area contributed by atoms with Gasteiger partial charge in [0.15, 0.2) is 5.16 Å². The van der Waals surface area contributed by atoms with Crippen molar-refractivity contribution in [1.82, 2.24) is 9.55 Å². The maximum atomic E-state index is 10.6. The highest BCUT2D eigenvalue weighted by Gasteiger charge is 2.10. The summed E-state index contributed by atoms with van der Waals surface area (Å²) >= 11 is 1.52. The normalized spacial score (nSPS) is 11.0. The van der Waals surface area contributed by atoms with Gasteiger partial charge in [-0.05, 0) is 18.6 Å². The topological polar surface area (TPSA) is 55.1 Å². The maximum Gasteiger partial charge on any atom is 0.304 e. The molecule has 19 heavy (non-hydrogen) atoms. The number of imidazole rings is 1. The number of carboxylic acid groups (broad SMARTS) is 1. The molecule has 5 heteroatoms. The van der Waals surface area contributed by atoms with Crippen molar-refractivity contribution in [3.63, 3.8) is 0 Å². The smallest absolute Gasteiger partial charge is 0.304 e. The van der Waals surface area contributed by atoms with E-state index >= 15 is 0 Å². The van der Waals surface area contributed by atoms with Gasteiger partial charge in [0, 0.05) is 12.3 Å². The van der Waals surface area contributed by atoms with Crippen molar-refractivity contribution in [2.24, 2.45) is 0 Å². The molecule has 0 aliphatic rings. The number of rotatable bonds is 7. The van der Waals surface area contributed by atoms with E-state index in [2.05, 4.69) is 22.5 Å². The molecule has 2 rings (SSSR count). The van der Waals surface area contributed by atoms with Gasteiger partial charge in [-0.15, -0.1) is 0 Å². The predicted molar refractivity (Wildman–Crippen MR) is 77.6 cm³/mol. The molecule has 1 N–H and O–H groups in total. The van der Waals surface area contributed by atoms with Crippen LogP contribution in [0.3, 0.4) is 0 Å². The maximum absolute atomic E-state index is 10.6. The van der Waals surface area contributed by atoms with Gasteiger partial charge in [0.05, 0.1) is 17.5 Å². The number of benzene rings is 1. The highest BCUT2D eigenvalue weighted by molar-refractivity contribution is 7.99. The summed E-state index contributed by atoms with van der Waals surface area (Å²) in [7, 11) is 0. The Hall–Kier alpha value is -1.49. The third kappa shape index (κ3) is 3.50. The summed E-state index contributed by atoms with van der Waals surface area (Å²) in [5.74, 6) is -0.200. The Morgan fingerprint density at radius 3 is 2.95 bits per heavy atom. The molecular formula is C14H18N2O2S. The summed E-state index contributed by atoms with van der Waals surface area (Å²) < 4.78 is 2.20. The largest absolute Gasteiger partial charge is 0.481 e. The van der Waals surface area contributed by atoms with Gasteiger partial charge in [-0.2, -0.15) is 0 Å². The van der Waals surface area contributed by atoms with Gasteiger partial charge in [-0.25, -0.2) is 4.98 Å². The van der Waals surface area contributed by atoms with E-state index in [9.17, 15) is 4.79 Å². The lowest BCUT2D eigenvalue weighted by atomic mass is 10.3. The van der Waals surface area contributed by atoms with Crippen LogP contribution in [0.2, 0.25) is 0 Å². The van der Waals surface area contributed by atoms with Gasteiger partial charge in [0.2, 0.25) is 0 Å². The number of para-hydroxylation sites is 2. The van der Waals surface area contributed by atoms with Crippen LogP contribution in [0, 0.1) is 0 Å². The summed E-state index contributed by atoms with van der Waals surface area (Å²) in [5.41, 5.74) is 2.12. The Labute approximate surface area is 116 Å². The van der Waals surface area contributed by atoms with E-state index in [4.69, 9.17) is 5.11 Å². The summed E-state index contributed by atoms with van der Waals surface area (Å²) in [6.45, 7) is 3.10. The molecule has 0 saturated carbocycles. The first-order valence-corrected chi connectivity index (χ1v) is 7.50. The predicted octanol–water partition coefficient (Wildman–Crippen LogP) is 3.40. The van der Waals surface area contributed by atoms with Crippen LogP contribution in [-0.2, 0) is 11.3 Å². The minimum Gasteiger partial charge on any atom is -0.481 e. The highest BCUT2D eigenvalue weighted by atomic mass is 32.2. The van der Waals surface area contributed by atoms with Crippen molar-refractivity contribution >= 4 is 28.8 Å². The van der Waals surface area contributed by atoms with Crippen LogP contribution >= 0.6 is 11.8 Å². The van der Waals surface area contributed by atoms with E-state index in [1.165, 1.54) is 11.8 Å². The molecule has 2 aromatic rings. The Balaban J connectivity index is 2.22. The number of fused-ring (bicyclic) bond motifs is 1. The lowest BCUT2D eigenvalue weighted by Crippen LogP contribution is -2.01. The van der Waals surface area contributed by atoms with Crippen LogP contribution in [0.4, 0.5) is 0 Å². The van der Waals surface area contributed by atoms with E-state index in [-0.39, 0.29) is 6.42 Å². The molecule has 102 valence electrons. The molecule has 0 aliphatic carbocycles. The fourth-order valence-corrected chi connectivity index (χ4v) is 2.89. The molecule has 0 aliphatic heterocycles. The first kappa shape index (κ1) is 13.9. The Morgan fingerprint density at radius 1 is 1.42 bits per heavy atom. The first-order chi connectivity index (χ1) is 9.22. The molecule has 0 radical (unpaired) electrons. The van der Waals surface area contributed by atoms with Gasteiger partial charge in [-0.1, -0.05) is 37.2 Å². The van der Waals surface area contributed by atoms with Crippen LogP contribution in [0.25, 0.3) is 11.0 Å². The van der Waals surface area contributed by atoms with Crippen molar-refractivity contribution in [2.45, 2.75) is 37.9 Å². The van der Waals surface area contributed by atoms with E-state index in [1.807, 2.05) is 18.2 Å². The van der Waals surface area contributed by atoms with Gasteiger partial charge in [0.1, 0.15) is 0 Å². The van der Waals surface area contributed by atoms with Gasteiger partial charge in [-0.3, -0.25) is 4.79 Å². The molecule has 1 heterocycles. The Bertz CT molecular complexity index is 566. The van der Waals surface area contributed by atoms with E-state index in [0.717, 1.165) is 35.6 Å². The summed E-state index contributed by atoms with van der Waals surface area (Å²) in [5, 5.41) is 9.63. The lowest BCUT2D eigenvalue weighted by molar-refractivity contribution is -0.136. The number of aryl methyl sites for hydroxylation is 1. The average Bonchev–Trinajstić information content (AvgIpc) is 2.74. The number of carboxylic acids is 1. The number of thioether (sulfide) groups is 1. The number of carbonyl (C=O) groups is 1. The zero-order valence-corrected chi connectivity index (χ0v) is 11.8. The van der Waals surface area contributed by atoms with Crippen molar-refractivity contribution in [1.29, 1.82) is 0 Å². The van der Waals surface area contributed by atoms with Crippen LogP contribution in [0.15, 0.2) is 29.4 Å². The summed E-state index contributed by atoms with van der Waals surface area (Å²) in [6, 6.07) is 8.06. The third-order valence-electron chi connectivity index (χ3n) is 2.90. The zero-order valence-electron chi connectivity index (χ0n) is 11.0. The number of hydrogen-bond acceptors (Lipinski definition) is 3. The van der Waals surface area contributed by atoms with E-state index in [1.54, 1.807) is 0 Å². The van der Waals surface area contributed by atoms with Crippen LogP contribution < -0.4 is 0 Å². The minimum absolute atomic E-state index is 0.168. The quantitative estimate of drug-likeness (QED) is 0.789. The van der Waals surface area contributed by atoms with Crippen LogP contribution in [-0.4, -0.2) is 26.4 Å². The molecule has 0 atom stereocenters. The summed E-state index contributed by atoms with van der Waals surface area (Å²) in [6.07, 6.45) is 2.40. The van der Waals surface area contributed by atoms with E-state index in [0.29, 0.717) is 5.75 Å². The molecular weight excluding hydrogens is 260 g/mol. The fourth-order valence-electron chi connectivity index (χ4n) is 1.93. The number of unbranched alkanes of at least 4 members (excludes halogenated alkanes) is 1. The molecule has 1 aromatic heterocycles. The molecule has 0 bridgehead atoms. The molecule has 0 amide bonds. The fraction of sp³-hybridized carbons (Fsp3) is 0.429. The second kappa shape index (κ2) is 6.61. The lowest BCUT2D eigenvalue weighted by Gasteiger charge is -2.07. The number of aromatic nitrogens is 2. The highest BCUT2D eigenvalue weighted by Crippen LogP contribution is 2.25. The number of nitrogens with zero attached hydrogens (tertiary/aromatic N) is 2. The zero-order chi connectivity index (χ0) is 13.7. The van der Waals surface area contributed by atoms with Crippen molar-refractivity contribution in [3.8, 4) is 0 Å². The SMILES string of the molecule is CCCCn1c(SCCC(=O)O)nc2ccccc21. The molecule has 0 spiro atoms. The second-order valence-electron chi connectivity index (χ2n) is 4.38. The molecule has 0 fully saturated rings. The van der Waals surface area contributed by atoms with Gasteiger partial charge < -0.3 is 9.67 Å². The summed E-state index contributed by atoms with van der Waals surface area (Å²) in [4.78, 5) is 15.2. The number of hydrogen-bond donors (Lipinski definition) is 1. The molecule has 1 aromatic carbocycles. The first-order valence-electron chi connectivity index (χ1n) is 6.52. The standard InChI is InChI=1S/C14H18N2O2S/c1-2-3-9-16-12-7-5-4-6-11(12)15-14(16)19-10-8-13(17)18/h4-7H,2-3,8-10H2,1H3,(H,17,18). The minimum atomic E-state index is -0.760. The second-order valence-corrected chi connectivity index (χ2v) is 5.44. The van der Waals surface area contributed by atoms with Crippen molar-refractivity contribution < 1.29 is 9.90 Å². The van der Waals surface area contributed by atoms with Crippen molar-refractivity contribution in [3.05, 3.63) is 24.3 Å². The van der Waals surface area contributed by atoms with Crippen LogP contribution in [0.1, 0.15) is 26.2 Å². The Morgan fingerprint density at radius 2 is 2.21 bits per heavy atom. The molecule has 0 unspecified atom stereocenters. The van der Waals surface area contributed by atoms with Crippen LogP contribution in [0.5, 0.6) is 0 Å². The third-order valence-corrected chi connectivity index (χ3v) is 3.88. The molecule has 4 nitrogen and oxygen atoms in total. The van der Waals surface area contributed by atoms with Gasteiger partial charge in [0.25, 0.3) is 0 Å². The monoisotopic (exact) mass is 278 g/mol. The van der Waals surface area contributed by atoms with Gasteiger partial charge >= 0.3 is 5.97 Å².